The molecule has 0 saturated carbocycles. The van der Waals surface area contributed by atoms with Crippen molar-refractivity contribution in [2.45, 2.75) is 71.9 Å². The maximum atomic E-state index is 12.4. The van der Waals surface area contributed by atoms with Crippen LogP contribution in [-0.4, -0.2) is 107 Å². The Morgan fingerprint density at radius 1 is 0.667 bits per heavy atom. The van der Waals surface area contributed by atoms with Crippen molar-refractivity contribution in [1.29, 1.82) is 0 Å². The molecule has 0 N–H and O–H groups in total. The van der Waals surface area contributed by atoms with Crippen molar-refractivity contribution in [1.82, 2.24) is 19.6 Å². The van der Waals surface area contributed by atoms with Crippen molar-refractivity contribution in [2.24, 2.45) is 0 Å². The van der Waals surface area contributed by atoms with Crippen LogP contribution in [0.2, 0.25) is 0 Å². The Morgan fingerprint density at radius 2 is 1.03 bits per heavy atom. The van der Waals surface area contributed by atoms with Crippen LogP contribution in [0, 0.1) is 0 Å². The van der Waals surface area contributed by atoms with Gasteiger partial charge in [0.15, 0.2) is 0 Å². The molecule has 0 aromatic heterocycles. The van der Waals surface area contributed by atoms with Crippen LogP contribution in [0.5, 0.6) is 0 Å². The maximum Gasteiger partial charge on any atom is 0.327 e. The lowest BCUT2D eigenvalue weighted by atomic mass is 9.99. The Morgan fingerprint density at radius 3 is 1.33 bits per heavy atom. The van der Waals surface area contributed by atoms with E-state index < -0.39 is 11.1 Å². The molecular formula is C23H40N4O6. The molecule has 0 radical (unpaired) electrons. The highest BCUT2D eigenvalue weighted by Gasteiger charge is 2.44. The van der Waals surface area contributed by atoms with Gasteiger partial charge in [0.05, 0.1) is 0 Å². The SMILES string of the molecule is CCN1CC(=O)N(C(C)(C)CCOCCCOCCC(C)(C)N2C(=O)CN(CC)C2=O)C1=O. The van der Waals surface area contributed by atoms with E-state index in [0.29, 0.717) is 58.8 Å². The summed E-state index contributed by atoms with van der Waals surface area (Å²) < 4.78 is 11.4. The number of rotatable bonds is 14. The summed E-state index contributed by atoms with van der Waals surface area (Å²) in [7, 11) is 0. The first-order valence-corrected chi connectivity index (χ1v) is 11.9. The molecule has 2 aliphatic rings. The summed E-state index contributed by atoms with van der Waals surface area (Å²) in [5.41, 5.74) is -1.20. The van der Waals surface area contributed by atoms with Gasteiger partial charge in [0.1, 0.15) is 13.1 Å². The summed E-state index contributed by atoms with van der Waals surface area (Å²) in [5.74, 6) is -0.328. The van der Waals surface area contributed by atoms with E-state index in [1.807, 2.05) is 41.5 Å². The first-order valence-electron chi connectivity index (χ1n) is 11.9. The number of imide groups is 2. The Hall–Kier alpha value is -2.20. The van der Waals surface area contributed by atoms with Crippen LogP contribution in [0.4, 0.5) is 9.59 Å². The zero-order valence-corrected chi connectivity index (χ0v) is 21.0. The number of nitrogens with zero attached hydrogens (tertiary/aromatic N) is 4. The first kappa shape index (κ1) is 27.0. The monoisotopic (exact) mass is 468 g/mol. The third-order valence-electron chi connectivity index (χ3n) is 6.34. The molecule has 10 nitrogen and oxygen atoms in total. The summed E-state index contributed by atoms with van der Waals surface area (Å²) in [6.45, 7) is 14.5. The maximum absolute atomic E-state index is 12.4. The number of carbonyl (C=O) groups is 4. The molecular weight excluding hydrogens is 428 g/mol. The molecule has 0 aromatic carbocycles. The van der Waals surface area contributed by atoms with Crippen molar-refractivity contribution in [3.8, 4) is 0 Å². The number of hydrogen-bond acceptors (Lipinski definition) is 6. The number of hydrogen-bond donors (Lipinski definition) is 0. The van der Waals surface area contributed by atoms with Crippen LogP contribution in [0.3, 0.4) is 0 Å². The van der Waals surface area contributed by atoms with Gasteiger partial charge in [-0.3, -0.25) is 19.4 Å². The predicted molar refractivity (Wildman–Crippen MR) is 123 cm³/mol. The van der Waals surface area contributed by atoms with E-state index in [4.69, 9.17) is 9.47 Å². The molecule has 0 atom stereocenters. The van der Waals surface area contributed by atoms with Gasteiger partial charge in [-0.25, -0.2) is 9.59 Å². The average molecular weight is 469 g/mol. The molecule has 188 valence electrons. The third kappa shape index (κ3) is 6.44. The summed E-state index contributed by atoms with van der Waals surface area (Å²) in [5, 5.41) is 0. The Bertz CT molecular complexity index is 678. The molecule has 2 rings (SSSR count). The molecule has 6 amide bonds. The van der Waals surface area contributed by atoms with Gasteiger partial charge < -0.3 is 19.3 Å². The molecule has 2 saturated heterocycles. The number of likely N-dealkylation sites (N-methyl/N-ethyl adjacent to an activating group) is 2. The second kappa shape index (κ2) is 11.3. The predicted octanol–water partition coefficient (Wildman–Crippen LogP) is 2.32. The van der Waals surface area contributed by atoms with Gasteiger partial charge in [0.2, 0.25) is 0 Å². The topological polar surface area (TPSA) is 99.7 Å². The lowest BCUT2D eigenvalue weighted by molar-refractivity contribution is -0.130. The Kier molecular flexibility index (Phi) is 9.25. The number of carbonyl (C=O) groups excluding carboxylic acids is 4. The van der Waals surface area contributed by atoms with Crippen LogP contribution < -0.4 is 0 Å². The molecule has 0 unspecified atom stereocenters. The van der Waals surface area contributed by atoms with E-state index in [1.54, 1.807) is 9.80 Å². The molecule has 0 spiro atoms. The quantitative estimate of drug-likeness (QED) is 0.287. The minimum Gasteiger partial charge on any atom is -0.381 e. The van der Waals surface area contributed by atoms with Crippen LogP contribution in [0.25, 0.3) is 0 Å². The van der Waals surface area contributed by atoms with Crippen molar-refractivity contribution in [3.05, 3.63) is 0 Å². The van der Waals surface area contributed by atoms with E-state index in [2.05, 4.69) is 0 Å². The van der Waals surface area contributed by atoms with Crippen molar-refractivity contribution < 1.29 is 28.7 Å². The van der Waals surface area contributed by atoms with Crippen molar-refractivity contribution >= 4 is 23.9 Å². The molecule has 2 aliphatic heterocycles. The van der Waals surface area contributed by atoms with Gasteiger partial charge in [-0.05, 0) is 60.8 Å². The second-order valence-electron chi connectivity index (χ2n) is 9.75. The molecule has 10 heteroatoms. The van der Waals surface area contributed by atoms with Gasteiger partial charge in [0, 0.05) is 50.6 Å². The fourth-order valence-electron chi connectivity index (χ4n) is 4.12. The van der Waals surface area contributed by atoms with Gasteiger partial charge in [-0.15, -0.1) is 0 Å². The smallest absolute Gasteiger partial charge is 0.327 e. The normalized spacial score (nSPS) is 17.9. The molecule has 2 heterocycles. The standard InChI is InChI=1S/C23H40N4O6/c1-7-24-16-18(28)26(20(24)30)22(3,4)10-14-32-12-9-13-33-15-11-23(5,6)27-19(29)17-25(8-2)21(27)31/h7-17H2,1-6H3. The van der Waals surface area contributed by atoms with E-state index in [0.717, 1.165) is 0 Å². The molecule has 0 bridgehead atoms. The molecule has 0 aromatic rings. The fourth-order valence-corrected chi connectivity index (χ4v) is 4.12. The molecule has 33 heavy (non-hydrogen) atoms. The molecule has 0 aliphatic carbocycles. The highest BCUT2D eigenvalue weighted by Crippen LogP contribution is 2.26. The molecule has 2 fully saturated rings. The summed E-state index contributed by atoms with van der Waals surface area (Å²) in [6, 6.07) is -0.466. The van der Waals surface area contributed by atoms with Gasteiger partial charge in [-0.1, -0.05) is 0 Å². The highest BCUT2D eigenvalue weighted by molar-refractivity contribution is 6.03. The second-order valence-corrected chi connectivity index (χ2v) is 9.75. The van der Waals surface area contributed by atoms with Gasteiger partial charge >= 0.3 is 12.1 Å². The fraction of sp³-hybridized carbons (Fsp3) is 0.826. The van der Waals surface area contributed by atoms with E-state index >= 15 is 0 Å². The number of ether oxygens (including phenoxy) is 2. The van der Waals surface area contributed by atoms with Crippen LogP contribution in [0.1, 0.15) is 60.8 Å². The van der Waals surface area contributed by atoms with E-state index in [9.17, 15) is 19.2 Å². The largest absolute Gasteiger partial charge is 0.381 e. The van der Waals surface area contributed by atoms with Crippen molar-refractivity contribution in [2.75, 3.05) is 52.6 Å². The minimum absolute atomic E-state index is 0.144. The minimum atomic E-state index is -0.599. The zero-order valence-electron chi connectivity index (χ0n) is 21.0. The lowest BCUT2D eigenvalue weighted by Crippen LogP contribution is -2.49. The zero-order chi connectivity index (χ0) is 24.8. The Balaban J connectivity index is 1.61. The number of amides is 6. The van der Waals surface area contributed by atoms with Gasteiger partial charge in [-0.2, -0.15) is 0 Å². The average Bonchev–Trinajstić information content (AvgIpc) is 3.20. The lowest BCUT2D eigenvalue weighted by Gasteiger charge is -2.33. The van der Waals surface area contributed by atoms with E-state index in [-0.39, 0.29) is 37.0 Å². The Labute approximate surface area is 197 Å². The van der Waals surface area contributed by atoms with Gasteiger partial charge in [0.25, 0.3) is 11.8 Å². The van der Waals surface area contributed by atoms with Crippen LogP contribution >= 0.6 is 0 Å². The van der Waals surface area contributed by atoms with Crippen LogP contribution in [0.15, 0.2) is 0 Å². The highest BCUT2D eigenvalue weighted by atomic mass is 16.5. The first-order chi connectivity index (χ1) is 15.5. The third-order valence-corrected chi connectivity index (χ3v) is 6.34. The summed E-state index contributed by atoms with van der Waals surface area (Å²) in [6.07, 6.45) is 1.82. The van der Waals surface area contributed by atoms with Crippen molar-refractivity contribution in [3.63, 3.8) is 0 Å². The summed E-state index contributed by atoms with van der Waals surface area (Å²) >= 11 is 0. The van der Waals surface area contributed by atoms with Crippen LogP contribution in [-0.2, 0) is 19.1 Å². The summed E-state index contributed by atoms with van der Waals surface area (Å²) in [4.78, 5) is 55.0. The number of urea groups is 2. The van der Waals surface area contributed by atoms with E-state index in [1.165, 1.54) is 9.80 Å².